The highest BCUT2D eigenvalue weighted by Crippen LogP contribution is 2.39. The van der Waals surface area contributed by atoms with E-state index in [1.54, 1.807) is 12.1 Å². The summed E-state index contributed by atoms with van der Waals surface area (Å²) in [6.45, 7) is 9.14. The van der Waals surface area contributed by atoms with Crippen LogP contribution in [0.25, 0.3) is 0 Å². The van der Waals surface area contributed by atoms with Crippen LogP contribution in [0, 0.1) is 12.3 Å². The fraction of sp³-hybridized carbons (Fsp3) is 0.500. The van der Waals surface area contributed by atoms with Gasteiger partial charge in [-0.3, -0.25) is 4.79 Å². The second-order valence-electron chi connectivity index (χ2n) is 7.99. The molecule has 0 saturated carbocycles. The second kappa shape index (κ2) is 6.34. The lowest BCUT2D eigenvalue weighted by molar-refractivity contribution is 0.0909. The number of Topliss-reactive ketones (excluding diaryl/α,β-unsaturated/α-hetero) is 1. The van der Waals surface area contributed by atoms with Crippen molar-refractivity contribution in [2.45, 2.75) is 58.5 Å². The van der Waals surface area contributed by atoms with Crippen molar-refractivity contribution >= 4 is 15.6 Å². The molecule has 0 aliphatic heterocycles. The van der Waals surface area contributed by atoms with E-state index in [4.69, 9.17) is 0 Å². The molecule has 0 aromatic carbocycles. The van der Waals surface area contributed by atoms with Gasteiger partial charge in [-0.15, -0.1) is 0 Å². The number of hydrogen-bond donors (Lipinski definition) is 0. The molecule has 0 bridgehead atoms. The number of fused-ring (bicyclic) bond motifs is 1. The molecule has 0 fully saturated rings. The Labute approximate surface area is 155 Å². The highest BCUT2D eigenvalue weighted by Gasteiger charge is 2.36. The number of ketones is 1. The number of sulfone groups is 1. The van der Waals surface area contributed by atoms with E-state index in [2.05, 4.69) is 30.3 Å². The van der Waals surface area contributed by atoms with Crippen LogP contribution in [0.5, 0.6) is 0 Å². The monoisotopic (exact) mass is 374 g/mol. The number of aromatic nitrogens is 2. The molecule has 140 valence electrons. The van der Waals surface area contributed by atoms with Crippen LogP contribution in [0.4, 0.5) is 0 Å². The molecule has 26 heavy (non-hydrogen) atoms. The molecule has 2 aromatic heterocycles. The lowest BCUT2D eigenvalue weighted by Crippen LogP contribution is -2.28. The van der Waals surface area contributed by atoms with Crippen molar-refractivity contribution in [1.29, 1.82) is 0 Å². The van der Waals surface area contributed by atoms with Gasteiger partial charge in [0.1, 0.15) is 0 Å². The summed E-state index contributed by atoms with van der Waals surface area (Å²) < 4.78 is 26.4. The first-order valence-electron chi connectivity index (χ1n) is 8.93. The zero-order chi connectivity index (χ0) is 19.3. The van der Waals surface area contributed by atoms with E-state index in [1.807, 2.05) is 6.92 Å². The maximum absolute atomic E-state index is 12.9. The van der Waals surface area contributed by atoms with E-state index in [0.717, 1.165) is 35.5 Å². The van der Waals surface area contributed by atoms with Crippen molar-refractivity contribution in [3.05, 3.63) is 46.4 Å². The quantitative estimate of drug-likeness (QED) is 0.823. The molecule has 1 aliphatic carbocycles. The first-order valence-corrected chi connectivity index (χ1v) is 10.8. The molecule has 0 N–H and O–H groups in total. The minimum Gasteiger partial charge on any atom is -0.348 e. The average Bonchev–Trinajstić information content (AvgIpc) is 2.77. The van der Waals surface area contributed by atoms with Crippen molar-refractivity contribution in [2.75, 3.05) is 6.26 Å². The minimum absolute atomic E-state index is 0.0503. The minimum atomic E-state index is -3.42. The van der Waals surface area contributed by atoms with Gasteiger partial charge in [-0.2, -0.15) is 0 Å². The summed E-state index contributed by atoms with van der Waals surface area (Å²) in [6.07, 6.45) is 4.45. The SMILES string of the molecule is CCn1c(C)c(Cc2cccnc2S(C)(=O)=O)c2c1CC(C)(C)CC2=O. The lowest BCUT2D eigenvalue weighted by atomic mass is 9.75. The van der Waals surface area contributed by atoms with Crippen molar-refractivity contribution in [3.8, 4) is 0 Å². The van der Waals surface area contributed by atoms with E-state index in [0.29, 0.717) is 18.4 Å². The standard InChI is InChI=1S/C20H26N2O3S/c1-6-22-13(2)15(18-16(22)11-20(3,4)12-17(18)23)10-14-8-7-9-21-19(14)26(5,24)25/h7-9H,6,10-12H2,1-5H3. The number of hydrogen-bond acceptors (Lipinski definition) is 4. The first kappa shape index (κ1) is 18.8. The van der Waals surface area contributed by atoms with Crippen molar-refractivity contribution in [1.82, 2.24) is 9.55 Å². The van der Waals surface area contributed by atoms with Crippen LogP contribution >= 0.6 is 0 Å². The second-order valence-corrected chi connectivity index (χ2v) is 9.92. The number of pyridine rings is 1. The van der Waals surface area contributed by atoms with Crippen LogP contribution in [-0.4, -0.2) is 30.0 Å². The maximum atomic E-state index is 12.9. The Hall–Kier alpha value is -1.95. The summed E-state index contributed by atoms with van der Waals surface area (Å²) in [5.74, 6) is 0.159. The van der Waals surface area contributed by atoms with E-state index >= 15 is 0 Å². The van der Waals surface area contributed by atoms with Crippen LogP contribution < -0.4 is 0 Å². The molecule has 5 nitrogen and oxygen atoms in total. The molecule has 2 heterocycles. The zero-order valence-electron chi connectivity index (χ0n) is 16.1. The van der Waals surface area contributed by atoms with Gasteiger partial charge < -0.3 is 4.57 Å². The molecule has 2 aromatic rings. The summed E-state index contributed by atoms with van der Waals surface area (Å²) in [6, 6.07) is 3.53. The van der Waals surface area contributed by atoms with Crippen LogP contribution in [-0.2, 0) is 29.2 Å². The smallest absolute Gasteiger partial charge is 0.193 e. The third-order valence-corrected chi connectivity index (χ3v) is 6.28. The molecule has 0 spiro atoms. The van der Waals surface area contributed by atoms with Gasteiger partial charge in [-0.05, 0) is 42.9 Å². The maximum Gasteiger partial charge on any atom is 0.193 e. The normalized spacial score (nSPS) is 16.6. The molecule has 6 heteroatoms. The summed E-state index contributed by atoms with van der Waals surface area (Å²) >= 11 is 0. The van der Waals surface area contributed by atoms with Crippen LogP contribution in [0.15, 0.2) is 23.4 Å². The molecule has 0 unspecified atom stereocenters. The van der Waals surface area contributed by atoms with Crippen LogP contribution in [0.1, 0.15) is 60.1 Å². The zero-order valence-corrected chi connectivity index (χ0v) is 16.9. The van der Waals surface area contributed by atoms with E-state index in [-0.39, 0.29) is 16.2 Å². The molecule has 0 saturated heterocycles. The Balaban J connectivity index is 2.18. The van der Waals surface area contributed by atoms with Crippen LogP contribution in [0.3, 0.4) is 0 Å². The van der Waals surface area contributed by atoms with Crippen molar-refractivity contribution in [3.63, 3.8) is 0 Å². The molecule has 3 rings (SSSR count). The van der Waals surface area contributed by atoms with Gasteiger partial charge in [0.25, 0.3) is 0 Å². The Morgan fingerprint density at radius 2 is 1.96 bits per heavy atom. The Bertz CT molecular complexity index is 985. The molecule has 1 aliphatic rings. The summed E-state index contributed by atoms with van der Waals surface area (Å²) in [5, 5.41) is 0.0981. The fourth-order valence-electron chi connectivity index (χ4n) is 4.13. The van der Waals surface area contributed by atoms with Crippen molar-refractivity contribution < 1.29 is 13.2 Å². The Morgan fingerprint density at radius 3 is 2.58 bits per heavy atom. The van der Waals surface area contributed by atoms with Crippen LogP contribution in [0.2, 0.25) is 0 Å². The predicted molar refractivity (Wildman–Crippen MR) is 101 cm³/mol. The van der Waals surface area contributed by atoms with E-state index in [1.165, 1.54) is 12.5 Å². The highest BCUT2D eigenvalue weighted by atomic mass is 32.2. The number of rotatable bonds is 4. The van der Waals surface area contributed by atoms with Gasteiger partial charge >= 0.3 is 0 Å². The van der Waals surface area contributed by atoms with Gasteiger partial charge in [0, 0.05) is 48.8 Å². The molecule has 0 radical (unpaired) electrons. The molecular formula is C20H26N2O3S. The predicted octanol–water partition coefficient (Wildman–Crippen LogP) is 3.36. The Kier molecular flexibility index (Phi) is 4.59. The average molecular weight is 375 g/mol. The van der Waals surface area contributed by atoms with Gasteiger partial charge in [0.05, 0.1) is 0 Å². The number of carbonyl (C=O) groups is 1. The summed E-state index contributed by atoms with van der Waals surface area (Å²) in [4.78, 5) is 17.0. The first-order chi connectivity index (χ1) is 12.0. The van der Waals surface area contributed by atoms with Gasteiger partial charge in [0.2, 0.25) is 0 Å². The van der Waals surface area contributed by atoms with Gasteiger partial charge in [-0.1, -0.05) is 19.9 Å². The van der Waals surface area contributed by atoms with E-state index < -0.39 is 9.84 Å². The molecule has 0 amide bonds. The summed E-state index contributed by atoms with van der Waals surface area (Å²) in [7, 11) is -3.42. The largest absolute Gasteiger partial charge is 0.348 e. The van der Waals surface area contributed by atoms with Gasteiger partial charge in [0.15, 0.2) is 20.6 Å². The van der Waals surface area contributed by atoms with Gasteiger partial charge in [-0.25, -0.2) is 13.4 Å². The third-order valence-electron chi connectivity index (χ3n) is 5.21. The fourth-order valence-corrected chi connectivity index (χ4v) is 5.00. The number of nitrogens with zero attached hydrogens (tertiary/aromatic N) is 2. The third kappa shape index (κ3) is 3.22. The molecule has 0 atom stereocenters. The lowest BCUT2D eigenvalue weighted by Gasteiger charge is -2.30. The Morgan fingerprint density at radius 1 is 1.27 bits per heavy atom. The topological polar surface area (TPSA) is 69.0 Å². The molecular weight excluding hydrogens is 348 g/mol. The van der Waals surface area contributed by atoms with E-state index in [9.17, 15) is 13.2 Å². The van der Waals surface area contributed by atoms with Crippen molar-refractivity contribution in [2.24, 2.45) is 5.41 Å². The highest BCUT2D eigenvalue weighted by molar-refractivity contribution is 7.90. The summed E-state index contributed by atoms with van der Waals surface area (Å²) in [5.41, 5.74) is 4.47. The number of carbonyl (C=O) groups excluding carboxylic acids is 1.